The number of nitrogens with one attached hydrogen (secondary N) is 1. The van der Waals surface area contributed by atoms with Gasteiger partial charge in [-0.2, -0.15) is 0 Å². The molecule has 0 radical (unpaired) electrons. The number of nitrogens with zero attached hydrogens (tertiary/aromatic N) is 3. The van der Waals surface area contributed by atoms with Crippen molar-refractivity contribution in [3.63, 3.8) is 0 Å². The molecule has 136 valence electrons. The van der Waals surface area contributed by atoms with Gasteiger partial charge in [0.25, 0.3) is 0 Å². The number of piperazine rings is 1. The number of aliphatic hydroxyl groups excluding tert-OH is 1. The maximum absolute atomic E-state index is 12.3. The third kappa shape index (κ3) is 4.51. The van der Waals surface area contributed by atoms with Crippen LogP contribution in [0.15, 0.2) is 29.3 Å². The molecule has 1 aromatic rings. The molecule has 1 unspecified atom stereocenters. The first kappa shape index (κ1) is 17.7. The first-order valence-electron chi connectivity index (χ1n) is 9.16. The minimum absolute atomic E-state index is 0.179. The minimum Gasteiger partial charge on any atom is -0.386 e. The molecule has 1 heterocycles. The van der Waals surface area contributed by atoms with Crippen molar-refractivity contribution in [2.45, 2.75) is 38.8 Å². The summed E-state index contributed by atoms with van der Waals surface area (Å²) in [5.74, 6) is 0.885. The fraction of sp³-hybridized carbons (Fsp3) is 0.579. The minimum atomic E-state index is -0.641. The number of benzene rings is 1. The van der Waals surface area contributed by atoms with E-state index in [1.807, 2.05) is 47.9 Å². The van der Waals surface area contributed by atoms with Gasteiger partial charge >= 0.3 is 0 Å². The third-order valence-electron chi connectivity index (χ3n) is 4.76. The van der Waals surface area contributed by atoms with E-state index in [1.165, 1.54) is 5.56 Å². The predicted octanol–water partition coefficient (Wildman–Crippen LogP) is 1.30. The third-order valence-corrected chi connectivity index (χ3v) is 4.76. The van der Waals surface area contributed by atoms with Gasteiger partial charge in [-0.1, -0.05) is 29.8 Å². The van der Waals surface area contributed by atoms with E-state index in [0.717, 1.165) is 38.0 Å². The van der Waals surface area contributed by atoms with Crippen molar-refractivity contribution in [2.24, 2.45) is 4.99 Å². The summed E-state index contributed by atoms with van der Waals surface area (Å²) in [5, 5.41) is 13.6. The zero-order valence-corrected chi connectivity index (χ0v) is 15.1. The van der Waals surface area contributed by atoms with Crippen LogP contribution in [-0.2, 0) is 4.79 Å². The van der Waals surface area contributed by atoms with Gasteiger partial charge in [-0.25, -0.2) is 0 Å². The van der Waals surface area contributed by atoms with Crippen LogP contribution in [-0.4, -0.2) is 65.5 Å². The van der Waals surface area contributed by atoms with E-state index < -0.39 is 6.10 Å². The number of amides is 1. The molecule has 2 fully saturated rings. The SMILES string of the molecule is CCNC(=NCC(O)c1ccc(C)cc1)N1CCN(C2CC2)C(=O)C1. The number of rotatable bonds is 5. The number of aliphatic hydroxyl groups is 1. The monoisotopic (exact) mass is 344 g/mol. The second-order valence-corrected chi connectivity index (χ2v) is 6.86. The van der Waals surface area contributed by atoms with Crippen molar-refractivity contribution in [1.82, 2.24) is 15.1 Å². The highest BCUT2D eigenvalue weighted by molar-refractivity contribution is 5.88. The van der Waals surface area contributed by atoms with Crippen LogP contribution in [0.5, 0.6) is 0 Å². The molecule has 1 atom stereocenters. The summed E-state index contributed by atoms with van der Waals surface area (Å²) in [6.07, 6.45) is 1.64. The van der Waals surface area contributed by atoms with Gasteiger partial charge in [0, 0.05) is 25.7 Å². The van der Waals surface area contributed by atoms with Gasteiger partial charge in [-0.05, 0) is 32.3 Å². The molecule has 1 amide bonds. The largest absolute Gasteiger partial charge is 0.386 e. The van der Waals surface area contributed by atoms with Gasteiger partial charge in [0.2, 0.25) is 5.91 Å². The lowest BCUT2D eigenvalue weighted by molar-refractivity contribution is -0.135. The van der Waals surface area contributed by atoms with Crippen LogP contribution < -0.4 is 5.32 Å². The Kier molecular flexibility index (Phi) is 5.58. The number of carbonyl (C=O) groups excluding carboxylic acids is 1. The van der Waals surface area contributed by atoms with E-state index in [0.29, 0.717) is 18.5 Å². The normalized spacial score (nSPS) is 20.0. The Labute approximate surface area is 149 Å². The van der Waals surface area contributed by atoms with Crippen molar-refractivity contribution in [2.75, 3.05) is 32.7 Å². The summed E-state index contributed by atoms with van der Waals surface area (Å²) in [7, 11) is 0. The van der Waals surface area contributed by atoms with Crippen LogP contribution in [0.25, 0.3) is 0 Å². The maximum Gasteiger partial charge on any atom is 0.242 e. The molecule has 2 aliphatic rings. The van der Waals surface area contributed by atoms with Crippen LogP contribution >= 0.6 is 0 Å². The van der Waals surface area contributed by atoms with Crippen molar-refractivity contribution in [3.05, 3.63) is 35.4 Å². The van der Waals surface area contributed by atoms with Crippen LogP contribution in [0.3, 0.4) is 0 Å². The fourth-order valence-corrected chi connectivity index (χ4v) is 3.13. The summed E-state index contributed by atoms with van der Waals surface area (Å²) in [5.41, 5.74) is 2.03. The molecule has 1 aliphatic heterocycles. The van der Waals surface area contributed by atoms with E-state index >= 15 is 0 Å². The number of carbonyl (C=O) groups is 1. The standard InChI is InChI=1S/C19H28N4O2/c1-3-20-19(21-12-17(24)15-6-4-14(2)5-7-15)22-10-11-23(16-8-9-16)18(25)13-22/h4-7,16-17,24H,3,8-13H2,1-2H3,(H,20,21). The lowest BCUT2D eigenvalue weighted by Gasteiger charge is -2.36. The molecule has 6 heteroatoms. The Morgan fingerprint density at radius 3 is 2.64 bits per heavy atom. The van der Waals surface area contributed by atoms with Gasteiger partial charge in [-0.15, -0.1) is 0 Å². The van der Waals surface area contributed by atoms with E-state index in [-0.39, 0.29) is 12.5 Å². The Bertz CT molecular complexity index is 625. The number of hydrogen-bond donors (Lipinski definition) is 2. The average Bonchev–Trinajstić information content (AvgIpc) is 3.43. The highest BCUT2D eigenvalue weighted by atomic mass is 16.3. The Morgan fingerprint density at radius 2 is 2.04 bits per heavy atom. The molecular weight excluding hydrogens is 316 g/mol. The van der Waals surface area contributed by atoms with Crippen LogP contribution in [0.4, 0.5) is 0 Å². The zero-order valence-electron chi connectivity index (χ0n) is 15.1. The van der Waals surface area contributed by atoms with E-state index in [9.17, 15) is 9.90 Å². The zero-order chi connectivity index (χ0) is 17.8. The van der Waals surface area contributed by atoms with Gasteiger partial charge in [0.05, 0.1) is 19.2 Å². The second kappa shape index (κ2) is 7.87. The van der Waals surface area contributed by atoms with Crippen molar-refractivity contribution >= 4 is 11.9 Å². The van der Waals surface area contributed by atoms with Crippen molar-refractivity contribution < 1.29 is 9.90 Å². The molecular formula is C19H28N4O2. The lowest BCUT2D eigenvalue weighted by atomic mass is 10.1. The summed E-state index contributed by atoms with van der Waals surface area (Å²) < 4.78 is 0. The lowest BCUT2D eigenvalue weighted by Crippen LogP contribution is -2.55. The highest BCUT2D eigenvalue weighted by Crippen LogP contribution is 2.28. The molecule has 0 aromatic heterocycles. The topological polar surface area (TPSA) is 68.2 Å². The number of hydrogen-bond acceptors (Lipinski definition) is 3. The smallest absolute Gasteiger partial charge is 0.242 e. The highest BCUT2D eigenvalue weighted by Gasteiger charge is 2.36. The quantitative estimate of drug-likeness (QED) is 0.624. The van der Waals surface area contributed by atoms with Crippen LogP contribution in [0.1, 0.15) is 37.0 Å². The molecule has 25 heavy (non-hydrogen) atoms. The summed E-state index contributed by atoms with van der Waals surface area (Å²) in [4.78, 5) is 20.9. The molecule has 2 N–H and O–H groups in total. The van der Waals surface area contributed by atoms with E-state index in [4.69, 9.17) is 0 Å². The first-order chi connectivity index (χ1) is 12.1. The van der Waals surface area contributed by atoms with Gasteiger partial charge < -0.3 is 20.2 Å². The molecule has 1 aromatic carbocycles. The second-order valence-electron chi connectivity index (χ2n) is 6.86. The van der Waals surface area contributed by atoms with Crippen LogP contribution in [0.2, 0.25) is 0 Å². The first-order valence-corrected chi connectivity index (χ1v) is 9.16. The average molecular weight is 344 g/mol. The molecule has 3 rings (SSSR count). The molecule has 1 aliphatic carbocycles. The summed E-state index contributed by atoms with van der Waals surface area (Å²) in [6.45, 7) is 6.95. The molecule has 6 nitrogen and oxygen atoms in total. The molecule has 1 saturated heterocycles. The van der Waals surface area contributed by atoms with Gasteiger partial charge in [0.15, 0.2) is 5.96 Å². The Balaban J connectivity index is 1.62. The summed E-state index contributed by atoms with van der Waals surface area (Å²) in [6, 6.07) is 8.31. The number of aliphatic imine (C=N–C) groups is 1. The van der Waals surface area contributed by atoms with Crippen molar-refractivity contribution in [3.8, 4) is 0 Å². The van der Waals surface area contributed by atoms with Gasteiger partial charge in [0.1, 0.15) is 0 Å². The fourth-order valence-electron chi connectivity index (χ4n) is 3.13. The maximum atomic E-state index is 12.3. The Hall–Kier alpha value is -2.08. The number of aryl methyl sites for hydroxylation is 1. The Morgan fingerprint density at radius 1 is 1.32 bits per heavy atom. The summed E-state index contributed by atoms with van der Waals surface area (Å²) >= 11 is 0. The number of guanidine groups is 1. The van der Waals surface area contributed by atoms with E-state index in [1.54, 1.807) is 0 Å². The molecule has 0 bridgehead atoms. The predicted molar refractivity (Wildman–Crippen MR) is 98.4 cm³/mol. The molecule has 0 spiro atoms. The van der Waals surface area contributed by atoms with Gasteiger partial charge in [-0.3, -0.25) is 9.79 Å². The van der Waals surface area contributed by atoms with Crippen molar-refractivity contribution in [1.29, 1.82) is 0 Å². The van der Waals surface area contributed by atoms with Crippen LogP contribution in [0, 0.1) is 6.92 Å². The van der Waals surface area contributed by atoms with E-state index in [2.05, 4.69) is 10.3 Å². The molecule has 1 saturated carbocycles.